The summed E-state index contributed by atoms with van der Waals surface area (Å²) in [5, 5.41) is 3.58. The van der Waals surface area contributed by atoms with Crippen LogP contribution in [0.4, 0.5) is 0 Å². The number of rotatable bonds is 10. The zero-order valence-electron chi connectivity index (χ0n) is 13.3. The van der Waals surface area contributed by atoms with Gasteiger partial charge in [0.25, 0.3) is 0 Å². The Morgan fingerprint density at radius 3 is 2.81 bits per heavy atom. The van der Waals surface area contributed by atoms with E-state index < -0.39 is 0 Å². The molecule has 0 radical (unpaired) electrons. The van der Waals surface area contributed by atoms with Gasteiger partial charge in [0.05, 0.1) is 11.1 Å². The Balaban J connectivity index is 1.93. The molecule has 1 aliphatic rings. The van der Waals surface area contributed by atoms with Crippen molar-refractivity contribution in [3.8, 4) is 5.75 Å². The lowest BCUT2D eigenvalue weighted by Gasteiger charge is -2.19. The lowest BCUT2D eigenvalue weighted by molar-refractivity contribution is 0.230. The molecular weight excluding hydrogens is 326 g/mol. The Bertz CT molecular complexity index is 431. The second-order valence-corrected chi connectivity index (χ2v) is 6.97. The van der Waals surface area contributed by atoms with Crippen molar-refractivity contribution in [2.24, 2.45) is 5.92 Å². The molecular formula is C18H28BrNO. The molecule has 0 aliphatic heterocycles. The molecule has 1 unspecified atom stereocenters. The minimum atomic E-state index is 0.668. The number of hydrogen-bond donors (Lipinski definition) is 1. The van der Waals surface area contributed by atoms with Crippen LogP contribution in [-0.4, -0.2) is 12.6 Å². The predicted molar refractivity (Wildman–Crippen MR) is 92.8 cm³/mol. The van der Waals surface area contributed by atoms with Crippen LogP contribution in [0.5, 0.6) is 5.75 Å². The van der Waals surface area contributed by atoms with Crippen LogP contribution in [0.1, 0.15) is 57.9 Å². The van der Waals surface area contributed by atoms with Gasteiger partial charge < -0.3 is 10.1 Å². The molecule has 1 aromatic rings. The number of ether oxygens (including phenoxy) is 1. The van der Waals surface area contributed by atoms with E-state index in [4.69, 9.17) is 4.74 Å². The molecule has 3 heteroatoms. The summed E-state index contributed by atoms with van der Waals surface area (Å²) < 4.78 is 7.26. The van der Waals surface area contributed by atoms with Crippen molar-refractivity contribution in [2.75, 3.05) is 6.61 Å². The maximum Gasteiger partial charge on any atom is 0.137 e. The molecule has 1 aliphatic carbocycles. The van der Waals surface area contributed by atoms with Crippen LogP contribution in [-0.2, 0) is 6.54 Å². The maximum atomic E-state index is 6.18. The first-order valence-electron chi connectivity index (χ1n) is 8.38. The Kier molecular flexibility index (Phi) is 7.05. The molecule has 2 rings (SSSR count). The van der Waals surface area contributed by atoms with E-state index in [-0.39, 0.29) is 0 Å². The average molecular weight is 354 g/mol. The first-order chi connectivity index (χ1) is 10.2. The van der Waals surface area contributed by atoms with Crippen molar-refractivity contribution in [1.29, 1.82) is 0 Å². The molecule has 0 amide bonds. The SMILES string of the molecule is CCCCC(CC)COc1c(Br)cccc1CNC1CC1. The number of para-hydroxylation sites is 1. The van der Waals surface area contributed by atoms with Crippen molar-refractivity contribution in [1.82, 2.24) is 5.32 Å². The van der Waals surface area contributed by atoms with Crippen LogP contribution in [0.25, 0.3) is 0 Å². The highest BCUT2D eigenvalue weighted by atomic mass is 79.9. The number of unbranched alkanes of at least 4 members (excludes halogenated alkanes) is 1. The van der Waals surface area contributed by atoms with E-state index in [1.165, 1.54) is 44.1 Å². The van der Waals surface area contributed by atoms with Gasteiger partial charge in [0.1, 0.15) is 5.75 Å². The van der Waals surface area contributed by atoms with E-state index in [1.54, 1.807) is 0 Å². The Labute approximate surface area is 137 Å². The lowest BCUT2D eigenvalue weighted by atomic mass is 10.0. The zero-order valence-corrected chi connectivity index (χ0v) is 14.9. The van der Waals surface area contributed by atoms with Crippen LogP contribution in [0.15, 0.2) is 22.7 Å². The van der Waals surface area contributed by atoms with Crippen LogP contribution >= 0.6 is 15.9 Å². The van der Waals surface area contributed by atoms with Crippen LogP contribution in [0.3, 0.4) is 0 Å². The molecule has 1 N–H and O–H groups in total. The molecule has 1 aromatic carbocycles. The zero-order chi connectivity index (χ0) is 15.1. The molecule has 1 saturated carbocycles. The first-order valence-corrected chi connectivity index (χ1v) is 9.17. The van der Waals surface area contributed by atoms with Gasteiger partial charge in [-0.3, -0.25) is 0 Å². The normalized spacial score (nSPS) is 16.0. The van der Waals surface area contributed by atoms with Gasteiger partial charge in [-0.25, -0.2) is 0 Å². The van der Waals surface area contributed by atoms with Crippen LogP contribution in [0, 0.1) is 5.92 Å². The van der Waals surface area contributed by atoms with Crippen LogP contribution < -0.4 is 10.1 Å². The second-order valence-electron chi connectivity index (χ2n) is 6.11. The predicted octanol–water partition coefficient (Wildman–Crippen LogP) is 5.30. The summed E-state index contributed by atoms with van der Waals surface area (Å²) >= 11 is 3.64. The van der Waals surface area contributed by atoms with Gasteiger partial charge in [-0.05, 0) is 47.2 Å². The molecule has 0 heterocycles. The Hall–Kier alpha value is -0.540. The lowest BCUT2D eigenvalue weighted by Crippen LogP contribution is -2.17. The fraction of sp³-hybridized carbons (Fsp3) is 0.667. The van der Waals surface area contributed by atoms with E-state index in [0.717, 1.165) is 29.4 Å². The summed E-state index contributed by atoms with van der Waals surface area (Å²) in [6.45, 7) is 6.25. The van der Waals surface area contributed by atoms with Crippen LogP contribution in [0.2, 0.25) is 0 Å². The molecule has 1 atom stereocenters. The Morgan fingerprint density at radius 2 is 2.14 bits per heavy atom. The summed E-state index contributed by atoms with van der Waals surface area (Å²) in [7, 11) is 0. The van der Waals surface area contributed by atoms with E-state index in [2.05, 4.69) is 53.3 Å². The largest absolute Gasteiger partial charge is 0.492 e. The van der Waals surface area contributed by atoms with Crippen molar-refractivity contribution < 1.29 is 4.74 Å². The van der Waals surface area contributed by atoms with Crippen molar-refractivity contribution in [2.45, 2.75) is 65.0 Å². The smallest absolute Gasteiger partial charge is 0.137 e. The van der Waals surface area contributed by atoms with Crippen molar-refractivity contribution >= 4 is 15.9 Å². The number of benzene rings is 1. The van der Waals surface area contributed by atoms with E-state index in [9.17, 15) is 0 Å². The monoisotopic (exact) mass is 353 g/mol. The maximum absolute atomic E-state index is 6.18. The fourth-order valence-electron chi connectivity index (χ4n) is 2.50. The van der Waals surface area contributed by atoms with Gasteiger partial charge in [0, 0.05) is 18.2 Å². The van der Waals surface area contributed by atoms with Gasteiger partial charge >= 0.3 is 0 Å². The molecule has 0 spiro atoms. The summed E-state index contributed by atoms with van der Waals surface area (Å²) in [5.74, 6) is 1.70. The van der Waals surface area contributed by atoms with Gasteiger partial charge in [0.2, 0.25) is 0 Å². The molecule has 0 aromatic heterocycles. The Morgan fingerprint density at radius 1 is 1.33 bits per heavy atom. The summed E-state index contributed by atoms with van der Waals surface area (Å²) in [4.78, 5) is 0. The highest BCUT2D eigenvalue weighted by Gasteiger charge is 2.21. The minimum Gasteiger partial charge on any atom is -0.492 e. The van der Waals surface area contributed by atoms with E-state index >= 15 is 0 Å². The third kappa shape index (κ3) is 5.63. The minimum absolute atomic E-state index is 0.668. The molecule has 0 saturated heterocycles. The number of halogens is 1. The van der Waals surface area contributed by atoms with E-state index in [1.807, 2.05) is 0 Å². The summed E-state index contributed by atoms with van der Waals surface area (Å²) in [5.41, 5.74) is 1.27. The van der Waals surface area contributed by atoms with E-state index in [0.29, 0.717) is 5.92 Å². The number of hydrogen-bond acceptors (Lipinski definition) is 2. The molecule has 118 valence electrons. The first kappa shape index (κ1) is 16.8. The molecule has 21 heavy (non-hydrogen) atoms. The second kappa shape index (κ2) is 8.79. The quantitative estimate of drug-likeness (QED) is 0.616. The standard InChI is InChI=1S/C18H28BrNO/c1-3-5-7-14(4-2)13-21-18-15(8-6-9-17(18)19)12-20-16-10-11-16/h6,8-9,14,16,20H,3-5,7,10-13H2,1-2H3. The molecule has 0 bridgehead atoms. The van der Waals surface area contributed by atoms with Gasteiger partial charge in [-0.15, -0.1) is 0 Å². The highest BCUT2D eigenvalue weighted by Crippen LogP contribution is 2.31. The third-order valence-corrected chi connectivity index (χ3v) is 4.84. The van der Waals surface area contributed by atoms with Gasteiger partial charge in [-0.2, -0.15) is 0 Å². The number of nitrogens with one attached hydrogen (secondary N) is 1. The molecule has 1 fully saturated rings. The van der Waals surface area contributed by atoms with Crippen molar-refractivity contribution in [3.05, 3.63) is 28.2 Å². The third-order valence-electron chi connectivity index (χ3n) is 4.21. The average Bonchev–Trinajstić information content (AvgIpc) is 3.31. The van der Waals surface area contributed by atoms with Gasteiger partial charge in [-0.1, -0.05) is 45.2 Å². The summed E-state index contributed by atoms with van der Waals surface area (Å²) in [6.07, 6.45) is 7.67. The molecule has 2 nitrogen and oxygen atoms in total. The van der Waals surface area contributed by atoms with Crippen molar-refractivity contribution in [3.63, 3.8) is 0 Å². The summed E-state index contributed by atoms with van der Waals surface area (Å²) in [6, 6.07) is 7.06. The van der Waals surface area contributed by atoms with Gasteiger partial charge in [0.15, 0.2) is 0 Å². The highest BCUT2D eigenvalue weighted by molar-refractivity contribution is 9.10. The fourth-order valence-corrected chi connectivity index (χ4v) is 3.02. The topological polar surface area (TPSA) is 21.3 Å².